The Labute approximate surface area is 222 Å². The number of pyridine rings is 1. The van der Waals surface area contributed by atoms with E-state index in [2.05, 4.69) is 39.2 Å². The number of hydrogen-bond acceptors (Lipinski definition) is 6. The number of thiocarbonyl (C=S) groups is 1. The van der Waals surface area contributed by atoms with Crippen LogP contribution in [0.25, 0.3) is 10.9 Å². The molecule has 3 aromatic rings. The Morgan fingerprint density at radius 2 is 1.81 bits per heavy atom. The average Bonchev–Trinajstić information content (AvgIpc) is 2.92. The van der Waals surface area contributed by atoms with Crippen molar-refractivity contribution in [2.24, 2.45) is 0 Å². The van der Waals surface area contributed by atoms with E-state index >= 15 is 0 Å². The summed E-state index contributed by atoms with van der Waals surface area (Å²) in [5.41, 5.74) is 2.43. The minimum Gasteiger partial charge on any atom is -0.486 e. The molecule has 2 aliphatic rings. The number of nitrogens with zero attached hydrogens (tertiary/aromatic N) is 2. The Hall–Kier alpha value is -3.14. The van der Waals surface area contributed by atoms with Gasteiger partial charge in [0, 0.05) is 43.2 Å². The van der Waals surface area contributed by atoms with Crippen LogP contribution in [-0.4, -0.2) is 72.5 Å². The summed E-state index contributed by atoms with van der Waals surface area (Å²) < 4.78 is 16.9. The molecular weight excluding hydrogens is 488 g/mol. The van der Waals surface area contributed by atoms with Gasteiger partial charge >= 0.3 is 0 Å². The molecule has 3 heterocycles. The van der Waals surface area contributed by atoms with Gasteiger partial charge < -0.3 is 29.4 Å². The van der Waals surface area contributed by atoms with Crippen molar-refractivity contribution in [2.75, 3.05) is 52.6 Å². The normalized spacial score (nSPS) is 16.4. The lowest BCUT2D eigenvalue weighted by atomic mass is 10.1. The first-order chi connectivity index (χ1) is 18.1. The van der Waals surface area contributed by atoms with E-state index in [-0.39, 0.29) is 11.6 Å². The summed E-state index contributed by atoms with van der Waals surface area (Å²) >= 11 is 5.87. The van der Waals surface area contributed by atoms with Crippen LogP contribution in [0.2, 0.25) is 0 Å². The number of hydrogen-bond donors (Lipinski definition) is 2. The minimum atomic E-state index is -0.124. The summed E-state index contributed by atoms with van der Waals surface area (Å²) in [6, 6.07) is 16.0. The minimum absolute atomic E-state index is 0.0500. The van der Waals surface area contributed by atoms with Crippen molar-refractivity contribution in [1.82, 2.24) is 20.1 Å². The Morgan fingerprint density at radius 3 is 2.57 bits per heavy atom. The van der Waals surface area contributed by atoms with Crippen molar-refractivity contribution in [3.05, 3.63) is 70.0 Å². The van der Waals surface area contributed by atoms with Crippen LogP contribution in [0.4, 0.5) is 0 Å². The van der Waals surface area contributed by atoms with Gasteiger partial charge in [-0.05, 0) is 43.3 Å². The average molecular weight is 523 g/mol. The van der Waals surface area contributed by atoms with Crippen molar-refractivity contribution in [3.8, 4) is 11.5 Å². The number of H-pyrrole nitrogens is 1. The molecule has 0 unspecified atom stereocenters. The first-order valence-electron chi connectivity index (χ1n) is 12.9. The molecule has 1 fully saturated rings. The molecule has 8 nitrogen and oxygen atoms in total. The van der Waals surface area contributed by atoms with Crippen LogP contribution in [0, 0.1) is 0 Å². The van der Waals surface area contributed by atoms with Gasteiger partial charge in [0.15, 0.2) is 16.6 Å². The van der Waals surface area contributed by atoms with Gasteiger partial charge in [-0.3, -0.25) is 9.69 Å². The molecule has 0 radical (unpaired) electrons. The zero-order valence-corrected chi connectivity index (χ0v) is 22.0. The van der Waals surface area contributed by atoms with Gasteiger partial charge in [0.1, 0.15) is 13.2 Å². The molecule has 0 saturated carbocycles. The summed E-state index contributed by atoms with van der Waals surface area (Å²) in [5, 5.41) is 5.02. The molecule has 1 atom stereocenters. The number of aromatic nitrogens is 1. The lowest BCUT2D eigenvalue weighted by Crippen LogP contribution is -2.43. The van der Waals surface area contributed by atoms with Gasteiger partial charge in [-0.2, -0.15) is 0 Å². The molecule has 1 aromatic heterocycles. The number of fused-ring (bicyclic) bond motifs is 2. The Bertz CT molecular complexity index is 1280. The van der Waals surface area contributed by atoms with Gasteiger partial charge in [-0.25, -0.2) is 0 Å². The smallest absolute Gasteiger partial charge is 0.253 e. The monoisotopic (exact) mass is 522 g/mol. The van der Waals surface area contributed by atoms with Crippen molar-refractivity contribution >= 4 is 28.2 Å². The molecule has 0 spiro atoms. The van der Waals surface area contributed by atoms with Crippen LogP contribution in [0.15, 0.2) is 53.3 Å². The molecule has 1 saturated heterocycles. The number of morpholine rings is 1. The van der Waals surface area contributed by atoms with Crippen molar-refractivity contribution in [2.45, 2.75) is 25.9 Å². The molecule has 2 aromatic carbocycles. The molecular formula is C28H34N4O4S. The highest BCUT2D eigenvalue weighted by molar-refractivity contribution is 7.80. The van der Waals surface area contributed by atoms with E-state index in [0.29, 0.717) is 41.9 Å². The summed E-state index contributed by atoms with van der Waals surface area (Å²) in [6.45, 7) is 8.71. The number of benzene rings is 2. The maximum absolute atomic E-state index is 13.1. The summed E-state index contributed by atoms with van der Waals surface area (Å²) in [6.07, 6.45) is 0.936. The quantitative estimate of drug-likeness (QED) is 0.436. The van der Waals surface area contributed by atoms with Crippen LogP contribution in [-0.2, 0) is 11.3 Å². The largest absolute Gasteiger partial charge is 0.486 e. The standard InChI is InChI=1S/C28H34N4O4S/c1-20(21-6-3-2-4-7-21)29-28(37)32(9-5-8-31-10-12-34-13-11-31)19-23-16-22-17-25-26(36-15-14-35-25)18-24(22)30-27(23)33/h2-4,6-7,16-18,20H,5,8-15,19H2,1H3,(H,29,37)(H,30,33)/t20-/m1/s1. The maximum Gasteiger partial charge on any atom is 0.253 e. The fraction of sp³-hybridized carbons (Fsp3) is 0.429. The number of nitrogens with one attached hydrogen (secondary N) is 2. The molecule has 2 N–H and O–H groups in total. The third kappa shape index (κ3) is 6.41. The predicted octanol–water partition coefficient (Wildman–Crippen LogP) is 3.46. The first kappa shape index (κ1) is 25.5. The summed E-state index contributed by atoms with van der Waals surface area (Å²) in [5.74, 6) is 1.36. The topological polar surface area (TPSA) is 79.1 Å². The Balaban J connectivity index is 1.34. The number of ether oxygens (including phenoxy) is 3. The van der Waals surface area contributed by atoms with E-state index in [4.69, 9.17) is 26.4 Å². The zero-order chi connectivity index (χ0) is 25.6. The Morgan fingerprint density at radius 1 is 1.08 bits per heavy atom. The lowest BCUT2D eigenvalue weighted by molar-refractivity contribution is 0.0367. The number of rotatable bonds is 8. The van der Waals surface area contributed by atoms with Gasteiger partial charge in [0.2, 0.25) is 0 Å². The fourth-order valence-electron chi connectivity index (χ4n) is 4.77. The molecule has 0 aliphatic carbocycles. The van der Waals surface area contributed by atoms with E-state index in [9.17, 15) is 4.79 Å². The lowest BCUT2D eigenvalue weighted by Gasteiger charge is -2.30. The fourth-order valence-corrected chi connectivity index (χ4v) is 5.11. The van der Waals surface area contributed by atoms with Crippen LogP contribution in [0.3, 0.4) is 0 Å². The second-order valence-corrected chi connectivity index (χ2v) is 9.90. The van der Waals surface area contributed by atoms with E-state index in [1.807, 2.05) is 36.4 Å². The molecule has 37 heavy (non-hydrogen) atoms. The molecule has 2 aliphatic heterocycles. The predicted molar refractivity (Wildman–Crippen MR) is 148 cm³/mol. The molecule has 0 bridgehead atoms. The maximum atomic E-state index is 13.1. The second kappa shape index (κ2) is 11.9. The van der Waals surface area contributed by atoms with E-state index in [0.717, 1.165) is 62.3 Å². The van der Waals surface area contributed by atoms with Gasteiger partial charge in [-0.1, -0.05) is 30.3 Å². The summed E-state index contributed by atoms with van der Waals surface area (Å²) in [7, 11) is 0. The van der Waals surface area contributed by atoms with Crippen molar-refractivity contribution in [3.63, 3.8) is 0 Å². The highest BCUT2D eigenvalue weighted by Crippen LogP contribution is 2.33. The first-order valence-corrected chi connectivity index (χ1v) is 13.3. The van der Waals surface area contributed by atoms with Crippen LogP contribution < -0.4 is 20.3 Å². The summed E-state index contributed by atoms with van der Waals surface area (Å²) in [4.78, 5) is 20.6. The van der Waals surface area contributed by atoms with E-state index in [1.165, 1.54) is 0 Å². The van der Waals surface area contributed by atoms with Gasteiger partial charge in [-0.15, -0.1) is 0 Å². The molecule has 196 valence electrons. The highest BCUT2D eigenvalue weighted by Gasteiger charge is 2.19. The SMILES string of the molecule is C[C@@H](NC(=S)N(CCCN1CCOCC1)Cc1cc2cc3c(cc2[nH]c1=O)OCCO3)c1ccccc1. The molecule has 0 amide bonds. The van der Waals surface area contributed by atoms with Crippen LogP contribution in [0.1, 0.15) is 30.5 Å². The third-order valence-electron chi connectivity index (χ3n) is 6.88. The highest BCUT2D eigenvalue weighted by atomic mass is 32.1. The molecule has 5 rings (SSSR count). The third-order valence-corrected chi connectivity index (χ3v) is 7.25. The van der Waals surface area contributed by atoms with Crippen molar-refractivity contribution in [1.29, 1.82) is 0 Å². The van der Waals surface area contributed by atoms with Crippen LogP contribution >= 0.6 is 12.2 Å². The Kier molecular flexibility index (Phi) is 8.23. The second-order valence-electron chi connectivity index (χ2n) is 9.52. The van der Waals surface area contributed by atoms with Gasteiger partial charge in [0.25, 0.3) is 5.56 Å². The molecule has 9 heteroatoms. The van der Waals surface area contributed by atoms with E-state index < -0.39 is 0 Å². The van der Waals surface area contributed by atoms with E-state index in [1.54, 1.807) is 0 Å². The van der Waals surface area contributed by atoms with Crippen LogP contribution in [0.5, 0.6) is 11.5 Å². The zero-order valence-electron chi connectivity index (χ0n) is 21.2. The van der Waals surface area contributed by atoms with Crippen molar-refractivity contribution < 1.29 is 14.2 Å². The number of aromatic amines is 1. The van der Waals surface area contributed by atoms with Gasteiger partial charge in [0.05, 0.1) is 31.3 Å².